The Morgan fingerprint density at radius 3 is 1.98 bits per heavy atom. The predicted molar refractivity (Wildman–Crippen MR) is 208 cm³/mol. The molecule has 286 valence electrons. The molecule has 3 rings (SSSR count). The Morgan fingerprint density at radius 1 is 0.736 bits per heavy atom. The highest BCUT2D eigenvalue weighted by atomic mass is 16.6. The maximum Gasteiger partial charge on any atom is 0.407 e. The first-order valence-electron chi connectivity index (χ1n) is 19.2. The van der Waals surface area contributed by atoms with Gasteiger partial charge in [0.1, 0.15) is 11.7 Å². The molecule has 1 amide bonds. The number of carbonyl (C=O) groups excluding carboxylic acids is 1. The van der Waals surface area contributed by atoms with E-state index in [0.717, 1.165) is 76.0 Å². The summed E-state index contributed by atoms with van der Waals surface area (Å²) < 4.78 is 9.19. The lowest BCUT2D eigenvalue weighted by molar-refractivity contribution is -0.696. The number of non-ortho nitro benzene ring substituents is 1. The minimum Gasteiger partial charge on any atom is -0.444 e. The molecule has 0 saturated heterocycles. The number of nitrogens with one attached hydrogen (secondary N) is 1. The second kappa shape index (κ2) is 23.6. The van der Waals surface area contributed by atoms with Gasteiger partial charge in [-0.2, -0.15) is 4.57 Å². The number of hydrogen-bond donors (Lipinski definition) is 1. The molecule has 0 fully saturated rings. The summed E-state index contributed by atoms with van der Waals surface area (Å²) in [5, 5.41) is 25.4. The number of rotatable bonds is 24. The zero-order valence-corrected chi connectivity index (χ0v) is 31.9. The van der Waals surface area contributed by atoms with Crippen molar-refractivity contribution in [2.24, 2.45) is 0 Å². The lowest BCUT2D eigenvalue weighted by Gasteiger charge is -2.19. The average molecular weight is 730 g/mol. The van der Waals surface area contributed by atoms with Gasteiger partial charge in [-0.3, -0.25) is 20.2 Å². The van der Waals surface area contributed by atoms with E-state index < -0.39 is 15.4 Å². The molecule has 11 nitrogen and oxygen atoms in total. The van der Waals surface area contributed by atoms with E-state index in [0.29, 0.717) is 12.2 Å². The van der Waals surface area contributed by atoms with Crippen LogP contribution in [0.4, 0.5) is 16.2 Å². The summed E-state index contributed by atoms with van der Waals surface area (Å²) in [5.74, 6) is 0. The first kappa shape index (κ1) is 42.5. The SMILES string of the molecule is CC(C)(C)OC(=O)NCC/C=C/CCCCCCCCc1ccc[n+](CC/C=C/CCCCCc2ccc[n+](-c3ccc([N+](=O)[O-])cc3[N+](=O)[O-])c2)c1. The quantitative estimate of drug-likeness (QED) is 0.0321. The number of hydrogen-bond acceptors (Lipinski definition) is 6. The van der Waals surface area contributed by atoms with Crippen molar-refractivity contribution in [2.75, 3.05) is 6.54 Å². The average Bonchev–Trinajstić information content (AvgIpc) is 3.12. The number of benzene rings is 1. The number of carbonyl (C=O) groups is 1. The van der Waals surface area contributed by atoms with E-state index in [4.69, 9.17) is 4.74 Å². The maximum atomic E-state index is 11.6. The number of allylic oxidation sites excluding steroid dienone is 3. The van der Waals surface area contributed by atoms with Gasteiger partial charge in [-0.1, -0.05) is 56.4 Å². The highest BCUT2D eigenvalue weighted by Gasteiger charge is 2.26. The van der Waals surface area contributed by atoms with E-state index in [1.807, 2.05) is 39.1 Å². The van der Waals surface area contributed by atoms with Crippen LogP contribution in [-0.4, -0.2) is 28.1 Å². The van der Waals surface area contributed by atoms with Gasteiger partial charge < -0.3 is 10.1 Å². The third-order valence-electron chi connectivity index (χ3n) is 8.72. The standard InChI is InChI=1S/C42H58N5O6/c1-42(2,3)53-41(48)43-29-19-15-11-7-5-4-6-9-13-17-23-36-25-21-31-44(34-36)30-20-16-12-8-10-14-18-24-37-26-22-32-45(35-37)39-28-27-38(46(49)50)33-40(39)47(51)52/h11-12,15-16,21-22,25-28,31-35H,4-10,13-14,17-20,23-24,29-30H2,1-3H3/q+1/p+1/b15-11+,16-12+. The fraction of sp³-hybridized carbons (Fsp3) is 0.500. The van der Waals surface area contributed by atoms with Crippen molar-refractivity contribution in [2.45, 2.75) is 129 Å². The van der Waals surface area contributed by atoms with Crippen molar-refractivity contribution >= 4 is 17.5 Å². The molecule has 0 radical (unpaired) electrons. The van der Waals surface area contributed by atoms with E-state index in [1.54, 1.807) is 10.8 Å². The van der Waals surface area contributed by atoms with Crippen LogP contribution in [0, 0.1) is 20.2 Å². The summed E-state index contributed by atoms with van der Waals surface area (Å²) in [7, 11) is 0. The number of pyridine rings is 2. The number of unbranched alkanes of at least 4 members (excludes halogenated alkanes) is 9. The summed E-state index contributed by atoms with van der Waals surface area (Å²) in [5.41, 5.74) is 1.72. The minimum atomic E-state index is -0.626. The fourth-order valence-electron chi connectivity index (χ4n) is 6.01. The van der Waals surface area contributed by atoms with Crippen molar-refractivity contribution < 1.29 is 28.5 Å². The van der Waals surface area contributed by atoms with Crippen molar-refractivity contribution in [3.63, 3.8) is 0 Å². The van der Waals surface area contributed by atoms with Gasteiger partial charge in [0.25, 0.3) is 11.4 Å². The summed E-state index contributed by atoms with van der Waals surface area (Å²) in [6, 6.07) is 12.0. The first-order chi connectivity index (χ1) is 25.5. The van der Waals surface area contributed by atoms with E-state index >= 15 is 0 Å². The Hall–Kier alpha value is -4.93. The Balaban J connectivity index is 1.21. The van der Waals surface area contributed by atoms with Crippen molar-refractivity contribution in [1.82, 2.24) is 5.32 Å². The van der Waals surface area contributed by atoms with Gasteiger partial charge in [0, 0.05) is 48.4 Å². The number of amides is 1. The zero-order valence-electron chi connectivity index (χ0n) is 31.9. The normalized spacial score (nSPS) is 11.7. The Kier molecular flexibility index (Phi) is 18.9. The van der Waals surface area contributed by atoms with E-state index in [-0.39, 0.29) is 17.5 Å². The summed E-state index contributed by atoms with van der Waals surface area (Å²) in [6.07, 6.45) is 33.3. The van der Waals surface area contributed by atoms with Crippen LogP contribution >= 0.6 is 0 Å². The molecular formula is C42H59N5O6+2. The summed E-state index contributed by atoms with van der Waals surface area (Å²) in [6.45, 7) is 7.16. The minimum absolute atomic E-state index is 0.293. The molecule has 0 aliphatic carbocycles. The lowest BCUT2D eigenvalue weighted by Crippen LogP contribution is -2.32. The van der Waals surface area contributed by atoms with Gasteiger partial charge in [0.05, 0.1) is 9.85 Å². The second-order valence-electron chi connectivity index (χ2n) is 14.5. The molecule has 11 heteroatoms. The van der Waals surface area contributed by atoms with Gasteiger partial charge in [0.15, 0.2) is 31.3 Å². The van der Waals surface area contributed by atoms with Crippen molar-refractivity contribution in [1.29, 1.82) is 0 Å². The molecule has 0 unspecified atom stereocenters. The molecule has 53 heavy (non-hydrogen) atoms. The maximum absolute atomic E-state index is 11.6. The molecule has 0 aliphatic rings. The van der Waals surface area contributed by atoms with Crippen LogP contribution < -0.4 is 14.5 Å². The molecule has 0 atom stereocenters. The van der Waals surface area contributed by atoms with Gasteiger partial charge in [-0.25, -0.2) is 9.36 Å². The summed E-state index contributed by atoms with van der Waals surface area (Å²) >= 11 is 0. The molecule has 1 N–H and O–H groups in total. The van der Waals surface area contributed by atoms with Crippen LogP contribution in [0.2, 0.25) is 0 Å². The van der Waals surface area contributed by atoms with Gasteiger partial charge >= 0.3 is 11.8 Å². The molecule has 2 aromatic heterocycles. The molecule has 0 bridgehead atoms. The van der Waals surface area contributed by atoms with Gasteiger partial charge in [-0.15, -0.1) is 0 Å². The van der Waals surface area contributed by atoms with E-state index in [2.05, 4.69) is 58.7 Å². The topological polar surface area (TPSA) is 132 Å². The fourth-order valence-corrected chi connectivity index (χ4v) is 6.01. The Labute approximate surface area is 315 Å². The Bertz CT molecular complexity index is 1650. The first-order valence-corrected chi connectivity index (χ1v) is 19.2. The summed E-state index contributed by atoms with van der Waals surface area (Å²) in [4.78, 5) is 33.1. The number of aromatic nitrogens is 2. The molecule has 0 spiro atoms. The van der Waals surface area contributed by atoms with Crippen LogP contribution in [-0.2, 0) is 24.1 Å². The number of ether oxygens (including phenoxy) is 1. The molecule has 1 aromatic carbocycles. The third kappa shape index (κ3) is 17.9. The monoisotopic (exact) mass is 729 g/mol. The highest BCUT2D eigenvalue weighted by molar-refractivity contribution is 5.67. The highest BCUT2D eigenvalue weighted by Crippen LogP contribution is 2.25. The number of nitro groups is 2. The van der Waals surface area contributed by atoms with Crippen molar-refractivity contribution in [3.05, 3.63) is 123 Å². The number of alkyl carbamates (subject to hydrolysis) is 1. The van der Waals surface area contributed by atoms with Crippen LogP contribution in [0.3, 0.4) is 0 Å². The molecule has 2 heterocycles. The molecule has 3 aromatic rings. The molecular weight excluding hydrogens is 670 g/mol. The Morgan fingerprint density at radius 2 is 1.32 bits per heavy atom. The lowest BCUT2D eigenvalue weighted by atomic mass is 10.1. The van der Waals surface area contributed by atoms with E-state index in [1.165, 1.54) is 56.2 Å². The number of nitro benzene ring substituents is 2. The number of nitrogens with zero attached hydrogens (tertiary/aromatic N) is 4. The van der Waals surface area contributed by atoms with Crippen LogP contribution in [0.15, 0.2) is 91.6 Å². The third-order valence-corrected chi connectivity index (χ3v) is 8.72. The van der Waals surface area contributed by atoms with Crippen molar-refractivity contribution in [3.8, 4) is 5.69 Å². The zero-order chi connectivity index (χ0) is 38.3. The number of aryl methyl sites for hydroxylation is 3. The van der Waals surface area contributed by atoms with Gasteiger partial charge in [-0.05, 0) is 90.7 Å². The molecule has 0 saturated carbocycles. The van der Waals surface area contributed by atoms with Crippen LogP contribution in [0.1, 0.15) is 115 Å². The smallest absolute Gasteiger partial charge is 0.407 e. The van der Waals surface area contributed by atoms with Crippen LogP contribution in [0.5, 0.6) is 0 Å². The van der Waals surface area contributed by atoms with E-state index in [9.17, 15) is 25.0 Å². The van der Waals surface area contributed by atoms with Crippen LogP contribution in [0.25, 0.3) is 5.69 Å². The molecule has 0 aliphatic heterocycles. The second-order valence-corrected chi connectivity index (χ2v) is 14.5. The largest absolute Gasteiger partial charge is 0.444 e. The predicted octanol–water partition coefficient (Wildman–Crippen LogP) is 9.56. The van der Waals surface area contributed by atoms with Gasteiger partial charge in [0.2, 0.25) is 0 Å².